The number of aliphatic carboxylic acids is 1. The molecule has 0 spiro atoms. The lowest BCUT2D eigenvalue weighted by molar-refractivity contribution is -0.190. The molecule has 0 fully saturated rings. The first kappa shape index (κ1) is 13.3. The Morgan fingerprint density at radius 3 is 2.29 bits per heavy atom. The Bertz CT molecular complexity index is 189. The Hall–Kier alpha value is -0.690. The number of hydrogen-bond acceptors (Lipinski definition) is 5. The minimum atomic E-state index is -1.41. The molecule has 0 aliphatic carbocycles. The van der Waals surface area contributed by atoms with E-state index in [0.717, 1.165) is 0 Å². The van der Waals surface area contributed by atoms with Crippen LogP contribution in [0.1, 0.15) is 20.8 Å². The van der Waals surface area contributed by atoms with Crippen LogP contribution in [0.3, 0.4) is 0 Å². The van der Waals surface area contributed by atoms with Crippen molar-refractivity contribution in [3.63, 3.8) is 0 Å². The molecule has 4 N–H and O–H groups in total. The van der Waals surface area contributed by atoms with Crippen LogP contribution in [0.15, 0.2) is 0 Å². The van der Waals surface area contributed by atoms with E-state index in [1.165, 1.54) is 0 Å². The van der Waals surface area contributed by atoms with Gasteiger partial charge in [-0.2, -0.15) is 0 Å². The molecule has 0 heterocycles. The summed E-state index contributed by atoms with van der Waals surface area (Å²) in [5, 5.41) is 28.6. The fourth-order valence-electron chi connectivity index (χ4n) is 0.743. The fourth-order valence-corrected chi connectivity index (χ4v) is 0.743. The highest BCUT2D eigenvalue weighted by Gasteiger charge is 2.23. The van der Waals surface area contributed by atoms with Crippen LogP contribution >= 0.6 is 0 Å². The van der Waals surface area contributed by atoms with Crippen LogP contribution in [0, 0.1) is 0 Å². The van der Waals surface area contributed by atoms with E-state index in [-0.39, 0.29) is 0 Å². The smallest absolute Gasteiger partial charge is 0.323 e. The van der Waals surface area contributed by atoms with Crippen LogP contribution in [0.2, 0.25) is 0 Å². The van der Waals surface area contributed by atoms with Crippen molar-refractivity contribution < 1.29 is 24.9 Å². The van der Waals surface area contributed by atoms with Gasteiger partial charge in [0.15, 0.2) is 0 Å². The lowest BCUT2D eigenvalue weighted by Gasteiger charge is -2.26. The first-order valence-corrected chi connectivity index (χ1v) is 4.22. The molecule has 1 unspecified atom stereocenters. The predicted octanol–water partition coefficient (Wildman–Crippen LogP) is -0.887. The minimum absolute atomic E-state index is 0.592. The predicted molar refractivity (Wildman–Crippen MR) is 48.5 cm³/mol. The second-order valence-electron chi connectivity index (χ2n) is 3.82. The molecule has 0 rings (SSSR count). The van der Waals surface area contributed by atoms with Crippen molar-refractivity contribution >= 4 is 5.97 Å². The molecule has 6 nitrogen and oxygen atoms in total. The van der Waals surface area contributed by atoms with Gasteiger partial charge in [-0.15, -0.1) is 0 Å². The highest BCUT2D eigenvalue weighted by molar-refractivity contribution is 5.73. The molecule has 0 amide bonds. The van der Waals surface area contributed by atoms with E-state index in [4.69, 9.17) is 14.9 Å². The third kappa shape index (κ3) is 5.87. The van der Waals surface area contributed by atoms with Crippen molar-refractivity contribution in [1.29, 1.82) is 0 Å². The third-order valence-corrected chi connectivity index (χ3v) is 1.29. The highest BCUT2D eigenvalue weighted by atomic mass is 16.6. The molecular weight excluding hydrogens is 190 g/mol. The number of aliphatic hydroxyl groups is 2. The summed E-state index contributed by atoms with van der Waals surface area (Å²) in [5.41, 5.74) is -0.592. The van der Waals surface area contributed by atoms with E-state index in [9.17, 15) is 9.90 Å². The van der Waals surface area contributed by atoms with Crippen LogP contribution in [0.5, 0.6) is 0 Å². The van der Waals surface area contributed by atoms with E-state index in [1.807, 2.05) is 0 Å². The van der Waals surface area contributed by atoms with Crippen molar-refractivity contribution in [2.75, 3.05) is 6.61 Å². The Morgan fingerprint density at radius 2 is 2.00 bits per heavy atom. The number of carboxylic acids is 1. The SMILES string of the molecule is CC(C)(C)OC(O)N[C@@H](CO)C(=O)O. The van der Waals surface area contributed by atoms with Crippen molar-refractivity contribution in [3.8, 4) is 0 Å². The summed E-state index contributed by atoms with van der Waals surface area (Å²) in [7, 11) is 0. The number of ether oxygens (including phenoxy) is 1. The van der Waals surface area contributed by atoms with E-state index in [1.54, 1.807) is 20.8 Å². The second-order valence-corrected chi connectivity index (χ2v) is 3.82. The molecule has 0 aliphatic heterocycles. The van der Waals surface area contributed by atoms with Crippen LogP contribution in [0.4, 0.5) is 0 Å². The van der Waals surface area contributed by atoms with Gasteiger partial charge in [0, 0.05) is 0 Å². The number of carboxylic acid groups (broad SMARTS) is 1. The molecule has 0 saturated carbocycles. The van der Waals surface area contributed by atoms with E-state index < -0.39 is 30.6 Å². The standard InChI is InChI=1S/C8H17NO5/c1-8(2,3)14-7(13)9-5(4-10)6(11)12/h5,7,9-10,13H,4H2,1-3H3,(H,11,12)/t5-,7?/m0/s1. The Morgan fingerprint density at radius 1 is 1.50 bits per heavy atom. The summed E-state index contributed by atoms with van der Waals surface area (Å²) in [6, 6.07) is -1.23. The highest BCUT2D eigenvalue weighted by Crippen LogP contribution is 2.08. The summed E-state index contributed by atoms with van der Waals surface area (Å²) in [5.74, 6) is -1.25. The average molecular weight is 207 g/mol. The summed E-state index contributed by atoms with van der Waals surface area (Å²) in [6.07, 6.45) is -1.41. The topological polar surface area (TPSA) is 99.0 Å². The minimum Gasteiger partial charge on any atom is -0.480 e. The van der Waals surface area contributed by atoms with Crippen molar-refractivity contribution in [2.45, 2.75) is 38.8 Å². The van der Waals surface area contributed by atoms with Crippen LogP contribution < -0.4 is 5.32 Å². The molecule has 0 saturated heterocycles. The normalized spacial score (nSPS) is 16.4. The van der Waals surface area contributed by atoms with Gasteiger partial charge in [0.25, 0.3) is 0 Å². The van der Waals surface area contributed by atoms with Gasteiger partial charge in [-0.05, 0) is 20.8 Å². The van der Waals surface area contributed by atoms with Gasteiger partial charge in [-0.3, -0.25) is 10.1 Å². The molecule has 2 atom stereocenters. The molecule has 84 valence electrons. The van der Waals surface area contributed by atoms with E-state index in [2.05, 4.69) is 5.32 Å². The molecule has 0 bridgehead atoms. The molecule has 0 aliphatic rings. The van der Waals surface area contributed by atoms with Gasteiger partial charge < -0.3 is 20.1 Å². The first-order valence-electron chi connectivity index (χ1n) is 4.22. The molecule has 0 aromatic carbocycles. The van der Waals surface area contributed by atoms with Crippen molar-refractivity contribution in [2.24, 2.45) is 0 Å². The number of rotatable bonds is 5. The zero-order chi connectivity index (χ0) is 11.4. The number of carbonyl (C=O) groups is 1. The maximum absolute atomic E-state index is 10.4. The first-order chi connectivity index (χ1) is 6.26. The third-order valence-electron chi connectivity index (χ3n) is 1.29. The Labute approximate surface area is 82.5 Å². The molecule has 0 aromatic heterocycles. The number of hydrogen-bond donors (Lipinski definition) is 4. The quantitative estimate of drug-likeness (QED) is 0.437. The molecular formula is C8H17NO5. The van der Waals surface area contributed by atoms with Gasteiger partial charge >= 0.3 is 5.97 Å². The second kappa shape index (κ2) is 5.26. The summed E-state index contributed by atoms with van der Waals surface area (Å²) >= 11 is 0. The van der Waals surface area contributed by atoms with Crippen LogP contribution in [-0.4, -0.2) is 46.0 Å². The number of aliphatic hydroxyl groups excluding tert-OH is 2. The molecule has 0 aromatic rings. The summed E-state index contributed by atoms with van der Waals surface area (Å²) < 4.78 is 4.99. The van der Waals surface area contributed by atoms with Gasteiger partial charge in [0.1, 0.15) is 6.04 Å². The Balaban J connectivity index is 4.03. The zero-order valence-electron chi connectivity index (χ0n) is 8.52. The maximum atomic E-state index is 10.4. The van der Waals surface area contributed by atoms with E-state index in [0.29, 0.717) is 0 Å². The van der Waals surface area contributed by atoms with Crippen LogP contribution in [-0.2, 0) is 9.53 Å². The lowest BCUT2D eigenvalue weighted by atomic mass is 10.2. The summed E-state index contributed by atoms with van der Waals surface area (Å²) in [4.78, 5) is 10.4. The van der Waals surface area contributed by atoms with Gasteiger partial charge in [0.05, 0.1) is 12.2 Å². The monoisotopic (exact) mass is 207 g/mol. The van der Waals surface area contributed by atoms with Crippen LogP contribution in [0.25, 0.3) is 0 Å². The molecule has 14 heavy (non-hydrogen) atoms. The van der Waals surface area contributed by atoms with Gasteiger partial charge in [0.2, 0.25) is 6.41 Å². The van der Waals surface area contributed by atoms with Gasteiger partial charge in [-0.1, -0.05) is 0 Å². The van der Waals surface area contributed by atoms with E-state index >= 15 is 0 Å². The number of nitrogens with one attached hydrogen (secondary N) is 1. The van der Waals surface area contributed by atoms with Crippen molar-refractivity contribution in [1.82, 2.24) is 5.32 Å². The fraction of sp³-hybridized carbons (Fsp3) is 0.875. The molecule has 0 radical (unpaired) electrons. The summed E-state index contributed by atoms with van der Waals surface area (Å²) in [6.45, 7) is 4.53. The largest absolute Gasteiger partial charge is 0.480 e. The Kier molecular flexibility index (Phi) is 5.00. The maximum Gasteiger partial charge on any atom is 0.323 e. The molecule has 6 heteroatoms. The average Bonchev–Trinajstić information content (AvgIpc) is 1.96. The van der Waals surface area contributed by atoms with Crippen molar-refractivity contribution in [3.05, 3.63) is 0 Å². The lowest BCUT2D eigenvalue weighted by Crippen LogP contribution is -2.48. The van der Waals surface area contributed by atoms with Gasteiger partial charge in [-0.25, -0.2) is 0 Å². The zero-order valence-corrected chi connectivity index (χ0v) is 8.52.